The van der Waals surface area contributed by atoms with E-state index in [0.717, 1.165) is 0 Å². The standard InChI is InChI=1S/C13H19FN2O2/c1-9(2)16-11(13(15)17)7-8-18-12-6-4-3-5-10(12)14/h3-6,9,11,16H,7-8H2,1-2H3,(H2,15,17). The number of rotatable bonds is 7. The molecule has 0 radical (unpaired) electrons. The van der Waals surface area contributed by atoms with Crippen LogP contribution in [0.2, 0.25) is 0 Å². The second-order valence-corrected chi connectivity index (χ2v) is 4.34. The molecular weight excluding hydrogens is 235 g/mol. The highest BCUT2D eigenvalue weighted by atomic mass is 19.1. The van der Waals surface area contributed by atoms with Crippen molar-refractivity contribution in [3.05, 3.63) is 30.1 Å². The molecule has 0 saturated heterocycles. The Hall–Kier alpha value is -1.62. The molecule has 0 aliphatic carbocycles. The molecule has 3 N–H and O–H groups in total. The van der Waals surface area contributed by atoms with Crippen LogP contribution in [0.25, 0.3) is 0 Å². The highest BCUT2D eigenvalue weighted by molar-refractivity contribution is 5.79. The summed E-state index contributed by atoms with van der Waals surface area (Å²) >= 11 is 0. The number of ether oxygens (including phenoxy) is 1. The Morgan fingerprint density at radius 1 is 1.44 bits per heavy atom. The number of halogens is 1. The van der Waals surface area contributed by atoms with Gasteiger partial charge in [0.25, 0.3) is 0 Å². The molecule has 0 saturated carbocycles. The molecule has 0 aliphatic rings. The number of hydrogen-bond acceptors (Lipinski definition) is 3. The van der Waals surface area contributed by atoms with E-state index in [2.05, 4.69) is 5.32 Å². The monoisotopic (exact) mass is 254 g/mol. The van der Waals surface area contributed by atoms with Crippen molar-refractivity contribution < 1.29 is 13.9 Å². The number of nitrogens with two attached hydrogens (primary N) is 1. The molecule has 18 heavy (non-hydrogen) atoms. The smallest absolute Gasteiger partial charge is 0.234 e. The van der Waals surface area contributed by atoms with E-state index in [4.69, 9.17) is 10.5 Å². The molecule has 0 fully saturated rings. The van der Waals surface area contributed by atoms with Crippen LogP contribution < -0.4 is 15.8 Å². The molecular formula is C13H19FN2O2. The summed E-state index contributed by atoms with van der Waals surface area (Å²) in [6, 6.07) is 5.84. The molecule has 5 heteroatoms. The van der Waals surface area contributed by atoms with Crippen molar-refractivity contribution in [3.8, 4) is 5.75 Å². The van der Waals surface area contributed by atoms with Crippen molar-refractivity contribution >= 4 is 5.91 Å². The Morgan fingerprint density at radius 3 is 2.67 bits per heavy atom. The van der Waals surface area contributed by atoms with Gasteiger partial charge in [-0.05, 0) is 12.1 Å². The molecule has 0 aliphatic heterocycles. The first-order chi connectivity index (χ1) is 8.50. The van der Waals surface area contributed by atoms with Crippen molar-refractivity contribution in [1.29, 1.82) is 0 Å². The van der Waals surface area contributed by atoms with Crippen LogP contribution >= 0.6 is 0 Å². The first kappa shape index (κ1) is 14.4. The quantitative estimate of drug-likeness (QED) is 0.774. The Labute approximate surface area is 106 Å². The van der Waals surface area contributed by atoms with E-state index < -0.39 is 17.8 Å². The Kier molecular flexibility index (Phi) is 5.58. The summed E-state index contributed by atoms with van der Waals surface area (Å²) in [6.07, 6.45) is 0.405. The van der Waals surface area contributed by atoms with E-state index in [1.807, 2.05) is 13.8 Å². The van der Waals surface area contributed by atoms with Gasteiger partial charge in [0.1, 0.15) is 0 Å². The third kappa shape index (κ3) is 4.71. The topological polar surface area (TPSA) is 64.3 Å². The number of benzene rings is 1. The summed E-state index contributed by atoms with van der Waals surface area (Å²) in [5, 5.41) is 3.03. The van der Waals surface area contributed by atoms with Gasteiger partial charge in [0.05, 0.1) is 12.6 Å². The minimum Gasteiger partial charge on any atom is -0.490 e. The lowest BCUT2D eigenvalue weighted by Gasteiger charge is -2.18. The van der Waals surface area contributed by atoms with Crippen LogP contribution in [0, 0.1) is 5.82 Å². The lowest BCUT2D eigenvalue weighted by Crippen LogP contribution is -2.45. The van der Waals surface area contributed by atoms with Gasteiger partial charge in [0.2, 0.25) is 5.91 Å². The van der Waals surface area contributed by atoms with Gasteiger partial charge in [-0.1, -0.05) is 26.0 Å². The maximum Gasteiger partial charge on any atom is 0.234 e. The molecule has 1 aromatic carbocycles. The molecule has 1 unspecified atom stereocenters. The van der Waals surface area contributed by atoms with Gasteiger partial charge >= 0.3 is 0 Å². The van der Waals surface area contributed by atoms with Crippen LogP contribution in [0.5, 0.6) is 5.75 Å². The van der Waals surface area contributed by atoms with Crippen LogP contribution in [-0.2, 0) is 4.79 Å². The number of hydrogen-bond donors (Lipinski definition) is 2. The van der Waals surface area contributed by atoms with Crippen LogP contribution in [0.4, 0.5) is 4.39 Å². The molecule has 0 bridgehead atoms. The third-order valence-corrected chi connectivity index (χ3v) is 2.38. The molecule has 0 aromatic heterocycles. The van der Waals surface area contributed by atoms with E-state index in [0.29, 0.717) is 6.42 Å². The Morgan fingerprint density at radius 2 is 2.11 bits per heavy atom. The number of nitrogens with one attached hydrogen (secondary N) is 1. The lowest BCUT2D eigenvalue weighted by atomic mass is 10.2. The normalized spacial score (nSPS) is 12.4. The summed E-state index contributed by atoms with van der Waals surface area (Å²) < 4.78 is 18.5. The van der Waals surface area contributed by atoms with Crippen molar-refractivity contribution in [2.45, 2.75) is 32.4 Å². The van der Waals surface area contributed by atoms with Crippen molar-refractivity contribution in [3.63, 3.8) is 0 Å². The van der Waals surface area contributed by atoms with Gasteiger partial charge in [-0.2, -0.15) is 0 Å². The zero-order chi connectivity index (χ0) is 13.5. The van der Waals surface area contributed by atoms with Gasteiger partial charge in [0, 0.05) is 12.5 Å². The molecule has 1 aromatic rings. The maximum atomic E-state index is 13.3. The van der Waals surface area contributed by atoms with Crippen LogP contribution in [0.3, 0.4) is 0 Å². The van der Waals surface area contributed by atoms with E-state index in [1.54, 1.807) is 18.2 Å². The molecule has 4 nitrogen and oxygen atoms in total. The zero-order valence-corrected chi connectivity index (χ0v) is 10.7. The van der Waals surface area contributed by atoms with Crippen molar-refractivity contribution in [2.75, 3.05) is 6.61 Å². The van der Waals surface area contributed by atoms with Gasteiger partial charge in [-0.25, -0.2) is 4.39 Å². The molecule has 0 spiro atoms. The molecule has 0 heterocycles. The lowest BCUT2D eigenvalue weighted by molar-refractivity contribution is -0.120. The van der Waals surface area contributed by atoms with E-state index in [1.165, 1.54) is 6.07 Å². The fraction of sp³-hybridized carbons (Fsp3) is 0.462. The molecule has 1 atom stereocenters. The van der Waals surface area contributed by atoms with Gasteiger partial charge in [-0.3, -0.25) is 4.79 Å². The number of amides is 1. The molecule has 100 valence electrons. The SMILES string of the molecule is CC(C)NC(CCOc1ccccc1F)C(N)=O. The fourth-order valence-electron chi connectivity index (χ4n) is 1.56. The van der Waals surface area contributed by atoms with Crippen LogP contribution in [0.15, 0.2) is 24.3 Å². The summed E-state index contributed by atoms with van der Waals surface area (Å²) in [6.45, 7) is 4.08. The van der Waals surface area contributed by atoms with Crippen LogP contribution in [-0.4, -0.2) is 24.6 Å². The van der Waals surface area contributed by atoms with Gasteiger partial charge in [0.15, 0.2) is 11.6 Å². The average Bonchev–Trinajstić information content (AvgIpc) is 2.29. The number of carbonyl (C=O) groups excluding carboxylic acids is 1. The van der Waals surface area contributed by atoms with Gasteiger partial charge < -0.3 is 15.8 Å². The first-order valence-corrected chi connectivity index (χ1v) is 5.93. The summed E-state index contributed by atoms with van der Waals surface area (Å²) in [5.74, 6) is -0.656. The summed E-state index contributed by atoms with van der Waals surface area (Å²) in [4.78, 5) is 11.2. The van der Waals surface area contributed by atoms with Crippen molar-refractivity contribution in [2.24, 2.45) is 5.73 Å². The zero-order valence-electron chi connectivity index (χ0n) is 10.7. The van der Waals surface area contributed by atoms with Gasteiger partial charge in [-0.15, -0.1) is 0 Å². The Bertz CT molecular complexity index is 396. The predicted octanol–water partition coefficient (Wildman–Crippen LogP) is 1.45. The highest BCUT2D eigenvalue weighted by Gasteiger charge is 2.16. The third-order valence-electron chi connectivity index (χ3n) is 2.38. The number of primary amides is 1. The fourth-order valence-corrected chi connectivity index (χ4v) is 1.56. The molecule has 1 rings (SSSR count). The highest BCUT2D eigenvalue weighted by Crippen LogP contribution is 2.15. The number of carbonyl (C=O) groups is 1. The van der Waals surface area contributed by atoms with Crippen LogP contribution in [0.1, 0.15) is 20.3 Å². The summed E-state index contributed by atoms with van der Waals surface area (Å²) in [5.41, 5.74) is 5.26. The average molecular weight is 254 g/mol. The van der Waals surface area contributed by atoms with E-state index >= 15 is 0 Å². The number of para-hydroxylation sites is 1. The first-order valence-electron chi connectivity index (χ1n) is 5.93. The Balaban J connectivity index is 2.44. The summed E-state index contributed by atoms with van der Waals surface area (Å²) in [7, 11) is 0. The maximum absolute atomic E-state index is 13.3. The van der Waals surface area contributed by atoms with E-state index in [-0.39, 0.29) is 18.4 Å². The predicted molar refractivity (Wildman–Crippen MR) is 67.8 cm³/mol. The minimum absolute atomic E-state index is 0.149. The second kappa shape index (κ2) is 6.96. The van der Waals surface area contributed by atoms with E-state index in [9.17, 15) is 9.18 Å². The minimum atomic E-state index is -0.461. The largest absolute Gasteiger partial charge is 0.490 e. The van der Waals surface area contributed by atoms with Crippen molar-refractivity contribution in [1.82, 2.24) is 5.32 Å². The molecule has 1 amide bonds. The second-order valence-electron chi connectivity index (χ2n) is 4.34.